The van der Waals surface area contributed by atoms with Crippen LogP contribution in [0, 0.1) is 0 Å². The quantitative estimate of drug-likeness (QED) is 0.648. The smallest absolute Gasteiger partial charge is 0.337 e. The van der Waals surface area contributed by atoms with E-state index >= 15 is 0 Å². The Morgan fingerprint density at radius 1 is 1.25 bits per heavy atom. The van der Waals surface area contributed by atoms with Crippen LogP contribution in [0.5, 0.6) is 0 Å². The lowest BCUT2D eigenvalue weighted by Crippen LogP contribution is -2.25. The minimum atomic E-state index is -3.90. The van der Waals surface area contributed by atoms with Crippen molar-refractivity contribution in [2.75, 3.05) is 6.54 Å². The Morgan fingerprint density at radius 2 is 1.90 bits per heavy atom. The maximum absolute atomic E-state index is 11.9. The number of aromatic carboxylic acids is 1. The number of benzene rings is 1. The molecule has 0 bridgehead atoms. The van der Waals surface area contributed by atoms with E-state index < -0.39 is 22.0 Å². The van der Waals surface area contributed by atoms with Crippen molar-refractivity contribution in [2.45, 2.75) is 17.7 Å². The van der Waals surface area contributed by atoms with Gasteiger partial charge in [-0.05, 0) is 24.6 Å². The van der Waals surface area contributed by atoms with E-state index in [1.165, 1.54) is 12.1 Å². The molecule has 0 aromatic heterocycles. The Bertz CT molecular complexity index is 628. The highest BCUT2D eigenvalue weighted by molar-refractivity contribution is 7.89. The molecule has 0 heterocycles. The number of nitrogens with one attached hydrogen (secondary N) is 1. The average Bonchev–Trinajstić information content (AvgIpc) is 2.34. The summed E-state index contributed by atoms with van der Waals surface area (Å²) in [7, 11) is -3.90. The molecule has 20 heavy (non-hydrogen) atoms. The van der Waals surface area contributed by atoms with Crippen LogP contribution in [-0.4, -0.2) is 37.1 Å². The minimum Gasteiger partial charge on any atom is -0.481 e. The maximum Gasteiger partial charge on any atom is 0.337 e. The molecular weight excluding hydrogens is 310 g/mol. The van der Waals surface area contributed by atoms with Gasteiger partial charge in [-0.25, -0.2) is 17.9 Å². The van der Waals surface area contributed by atoms with Gasteiger partial charge in [0.1, 0.15) is 0 Å². The third-order valence-corrected chi connectivity index (χ3v) is 4.13. The third kappa shape index (κ3) is 4.48. The number of sulfonamides is 1. The summed E-state index contributed by atoms with van der Waals surface area (Å²) in [6.45, 7) is -0.0559. The van der Waals surface area contributed by atoms with Crippen LogP contribution in [0.25, 0.3) is 0 Å². The topological polar surface area (TPSA) is 121 Å². The molecule has 0 fully saturated rings. The number of carboxylic acids is 2. The molecule has 1 aromatic carbocycles. The van der Waals surface area contributed by atoms with Crippen LogP contribution in [0.15, 0.2) is 23.1 Å². The Kier molecular flexibility index (Phi) is 5.49. The normalized spacial score (nSPS) is 11.2. The highest BCUT2D eigenvalue weighted by Gasteiger charge is 2.18. The van der Waals surface area contributed by atoms with Gasteiger partial charge in [0.25, 0.3) is 0 Å². The molecule has 0 unspecified atom stereocenters. The molecule has 7 nitrogen and oxygen atoms in total. The zero-order chi connectivity index (χ0) is 15.3. The molecule has 0 aliphatic heterocycles. The lowest BCUT2D eigenvalue weighted by Gasteiger charge is -2.07. The second-order valence-corrected chi connectivity index (χ2v) is 6.02. The molecule has 3 N–H and O–H groups in total. The molecule has 0 amide bonds. The lowest BCUT2D eigenvalue weighted by molar-refractivity contribution is -0.137. The second kappa shape index (κ2) is 6.69. The van der Waals surface area contributed by atoms with Crippen molar-refractivity contribution in [2.24, 2.45) is 0 Å². The van der Waals surface area contributed by atoms with Gasteiger partial charge >= 0.3 is 11.9 Å². The summed E-state index contributed by atoms with van der Waals surface area (Å²) in [6, 6.07) is 3.30. The predicted octanol–water partition coefficient (Wildman–Crippen LogP) is 1.18. The molecule has 1 aromatic rings. The Morgan fingerprint density at radius 3 is 2.45 bits per heavy atom. The van der Waals surface area contributed by atoms with Crippen LogP contribution in [-0.2, 0) is 14.8 Å². The van der Waals surface area contributed by atoms with Crippen LogP contribution in [0.1, 0.15) is 23.2 Å². The number of aliphatic carboxylic acids is 1. The van der Waals surface area contributed by atoms with Gasteiger partial charge in [0.15, 0.2) is 0 Å². The fraction of sp³-hybridized carbons (Fsp3) is 0.273. The van der Waals surface area contributed by atoms with Gasteiger partial charge in [-0.3, -0.25) is 4.79 Å². The van der Waals surface area contributed by atoms with E-state index in [4.69, 9.17) is 21.8 Å². The third-order valence-electron chi connectivity index (χ3n) is 2.34. The van der Waals surface area contributed by atoms with Crippen LogP contribution in [0.4, 0.5) is 0 Å². The molecule has 1 rings (SSSR count). The van der Waals surface area contributed by atoms with Crippen molar-refractivity contribution < 1.29 is 28.2 Å². The molecule has 110 valence electrons. The van der Waals surface area contributed by atoms with Gasteiger partial charge in [0.05, 0.1) is 15.5 Å². The number of halogens is 1. The number of hydrogen-bond donors (Lipinski definition) is 3. The Labute approximate surface area is 120 Å². The van der Waals surface area contributed by atoms with Crippen molar-refractivity contribution in [3.8, 4) is 0 Å². The Balaban J connectivity index is 2.85. The van der Waals surface area contributed by atoms with Gasteiger partial charge in [-0.2, -0.15) is 0 Å². The molecule has 0 aliphatic rings. The van der Waals surface area contributed by atoms with Gasteiger partial charge < -0.3 is 10.2 Å². The van der Waals surface area contributed by atoms with E-state index in [0.717, 1.165) is 6.07 Å². The molecule has 0 spiro atoms. The summed E-state index contributed by atoms with van der Waals surface area (Å²) >= 11 is 5.64. The monoisotopic (exact) mass is 321 g/mol. The number of rotatable bonds is 7. The summed E-state index contributed by atoms with van der Waals surface area (Å²) in [4.78, 5) is 20.9. The first-order chi connectivity index (χ1) is 9.24. The molecule has 0 saturated carbocycles. The van der Waals surface area contributed by atoms with Crippen LogP contribution in [0.2, 0.25) is 5.02 Å². The maximum atomic E-state index is 11.9. The van der Waals surface area contributed by atoms with Crippen LogP contribution < -0.4 is 4.72 Å². The number of carbonyl (C=O) groups is 2. The first-order valence-electron chi connectivity index (χ1n) is 5.48. The largest absolute Gasteiger partial charge is 0.481 e. The van der Waals surface area contributed by atoms with Crippen LogP contribution in [0.3, 0.4) is 0 Å². The molecular formula is C11H12ClNO6S. The standard InChI is InChI=1S/C11H12ClNO6S/c12-9-4-3-7(6-8(9)11(16)17)20(18,19)13-5-1-2-10(14)15/h3-4,6,13H,1-2,5H2,(H,14,15)(H,16,17). The van der Waals surface area contributed by atoms with Crippen LogP contribution >= 0.6 is 11.6 Å². The van der Waals surface area contributed by atoms with Crippen molar-refractivity contribution >= 4 is 33.6 Å². The van der Waals surface area contributed by atoms with Gasteiger partial charge in [-0.1, -0.05) is 11.6 Å². The van der Waals surface area contributed by atoms with Gasteiger partial charge in [0.2, 0.25) is 10.0 Å². The van der Waals surface area contributed by atoms with Gasteiger partial charge in [-0.15, -0.1) is 0 Å². The fourth-order valence-corrected chi connectivity index (χ4v) is 2.66. The van der Waals surface area contributed by atoms with E-state index in [0.29, 0.717) is 0 Å². The molecule has 0 aliphatic carbocycles. The molecule has 9 heteroatoms. The lowest BCUT2D eigenvalue weighted by atomic mass is 10.2. The van der Waals surface area contributed by atoms with Crippen molar-refractivity contribution in [1.82, 2.24) is 4.72 Å². The highest BCUT2D eigenvalue weighted by Crippen LogP contribution is 2.20. The van der Waals surface area contributed by atoms with Crippen molar-refractivity contribution in [1.29, 1.82) is 0 Å². The fourth-order valence-electron chi connectivity index (χ4n) is 1.36. The summed E-state index contributed by atoms with van der Waals surface area (Å²) in [5, 5.41) is 17.2. The zero-order valence-electron chi connectivity index (χ0n) is 10.2. The summed E-state index contributed by atoms with van der Waals surface area (Å²) in [6.07, 6.45) is -0.0303. The summed E-state index contributed by atoms with van der Waals surface area (Å²) in [5.41, 5.74) is -0.319. The summed E-state index contributed by atoms with van der Waals surface area (Å²) in [5.74, 6) is -2.36. The van der Waals surface area contributed by atoms with Crippen molar-refractivity contribution in [3.63, 3.8) is 0 Å². The van der Waals surface area contributed by atoms with Gasteiger partial charge in [0, 0.05) is 13.0 Å². The second-order valence-electron chi connectivity index (χ2n) is 3.84. The van der Waals surface area contributed by atoms with E-state index in [9.17, 15) is 18.0 Å². The van der Waals surface area contributed by atoms with E-state index in [1.54, 1.807) is 0 Å². The highest BCUT2D eigenvalue weighted by atomic mass is 35.5. The molecule has 0 radical (unpaired) electrons. The first-order valence-corrected chi connectivity index (χ1v) is 7.34. The minimum absolute atomic E-state index is 0.0559. The summed E-state index contributed by atoms with van der Waals surface area (Å²) < 4.78 is 25.9. The van der Waals surface area contributed by atoms with E-state index in [2.05, 4.69) is 4.72 Å². The Hall–Kier alpha value is -1.64. The average molecular weight is 322 g/mol. The van der Waals surface area contributed by atoms with E-state index in [-0.39, 0.29) is 34.9 Å². The van der Waals surface area contributed by atoms with E-state index in [1.807, 2.05) is 0 Å². The zero-order valence-corrected chi connectivity index (χ0v) is 11.7. The number of hydrogen-bond acceptors (Lipinski definition) is 4. The molecule has 0 atom stereocenters. The number of carboxylic acid groups (broad SMARTS) is 2. The first kappa shape index (κ1) is 16.4. The molecule has 0 saturated heterocycles. The predicted molar refractivity (Wildman–Crippen MR) is 70.5 cm³/mol. The van der Waals surface area contributed by atoms with Crippen molar-refractivity contribution in [3.05, 3.63) is 28.8 Å². The SMILES string of the molecule is O=C(O)CCCNS(=O)(=O)c1ccc(Cl)c(C(=O)O)c1.